The monoisotopic (exact) mass is 233 g/mol. The summed E-state index contributed by atoms with van der Waals surface area (Å²) in [5.41, 5.74) is 1.93. The molecule has 0 unspecified atom stereocenters. The van der Waals surface area contributed by atoms with E-state index in [9.17, 15) is 4.39 Å². The minimum atomic E-state index is -0.201. The average molecular weight is 233 g/mol. The summed E-state index contributed by atoms with van der Waals surface area (Å²) in [6.45, 7) is 3.71. The lowest BCUT2D eigenvalue weighted by Crippen LogP contribution is -2.06. The van der Waals surface area contributed by atoms with E-state index in [-0.39, 0.29) is 5.82 Å². The van der Waals surface area contributed by atoms with E-state index >= 15 is 0 Å². The normalized spacial score (nSPS) is 10.5. The predicted octanol–water partition coefficient (Wildman–Crippen LogP) is 2.83. The second-order valence-corrected chi connectivity index (χ2v) is 4.04. The third kappa shape index (κ3) is 3.31. The molecular weight excluding hydrogens is 217 g/mol. The molecule has 2 rings (SSSR count). The van der Waals surface area contributed by atoms with Crippen molar-refractivity contribution in [2.24, 2.45) is 0 Å². The Balaban J connectivity index is 1.80. The third-order valence-corrected chi connectivity index (χ3v) is 2.67. The Hall–Kier alpha value is -1.84. The van der Waals surface area contributed by atoms with Crippen molar-refractivity contribution in [2.75, 3.05) is 11.9 Å². The van der Waals surface area contributed by atoms with Crippen LogP contribution in [-0.2, 0) is 6.54 Å². The van der Waals surface area contributed by atoms with Crippen molar-refractivity contribution >= 4 is 5.69 Å². The van der Waals surface area contributed by atoms with Crippen LogP contribution in [0.4, 0.5) is 10.1 Å². The van der Waals surface area contributed by atoms with Crippen LogP contribution >= 0.6 is 0 Å². The molecule has 0 spiro atoms. The molecule has 0 saturated carbocycles. The molecule has 3 nitrogen and oxygen atoms in total. The fourth-order valence-electron chi connectivity index (χ4n) is 1.69. The van der Waals surface area contributed by atoms with Gasteiger partial charge in [0, 0.05) is 31.2 Å². The lowest BCUT2D eigenvalue weighted by Gasteiger charge is -2.09. The lowest BCUT2D eigenvalue weighted by atomic mass is 10.2. The number of halogens is 1. The van der Waals surface area contributed by atoms with Crippen LogP contribution < -0.4 is 5.32 Å². The van der Waals surface area contributed by atoms with Gasteiger partial charge in [0.2, 0.25) is 0 Å². The van der Waals surface area contributed by atoms with Crippen molar-refractivity contribution in [3.05, 3.63) is 48.3 Å². The average Bonchev–Trinajstić information content (AvgIpc) is 2.82. The van der Waals surface area contributed by atoms with Gasteiger partial charge in [-0.3, -0.25) is 0 Å². The predicted molar refractivity (Wildman–Crippen MR) is 66.5 cm³/mol. The SMILES string of the molecule is Cc1ccc(F)cc1NCCCn1ccnc1. The van der Waals surface area contributed by atoms with Gasteiger partial charge >= 0.3 is 0 Å². The van der Waals surface area contributed by atoms with Gasteiger partial charge in [0.25, 0.3) is 0 Å². The number of anilines is 1. The van der Waals surface area contributed by atoms with E-state index in [4.69, 9.17) is 0 Å². The third-order valence-electron chi connectivity index (χ3n) is 2.67. The molecule has 2 aromatic rings. The molecule has 1 aromatic carbocycles. The van der Waals surface area contributed by atoms with E-state index < -0.39 is 0 Å². The molecule has 17 heavy (non-hydrogen) atoms. The second kappa shape index (κ2) is 5.48. The number of rotatable bonds is 5. The fourth-order valence-corrected chi connectivity index (χ4v) is 1.69. The van der Waals surface area contributed by atoms with E-state index in [2.05, 4.69) is 10.3 Å². The highest BCUT2D eigenvalue weighted by Crippen LogP contribution is 2.15. The molecule has 1 aromatic heterocycles. The van der Waals surface area contributed by atoms with Crippen LogP contribution in [0.3, 0.4) is 0 Å². The summed E-state index contributed by atoms with van der Waals surface area (Å²) in [6, 6.07) is 4.80. The maximum Gasteiger partial charge on any atom is 0.125 e. The number of benzene rings is 1. The molecule has 0 saturated heterocycles. The highest BCUT2D eigenvalue weighted by atomic mass is 19.1. The van der Waals surface area contributed by atoms with Gasteiger partial charge in [0.15, 0.2) is 0 Å². The van der Waals surface area contributed by atoms with Gasteiger partial charge < -0.3 is 9.88 Å². The van der Waals surface area contributed by atoms with Gasteiger partial charge in [-0.2, -0.15) is 0 Å². The summed E-state index contributed by atoms with van der Waals surface area (Å²) >= 11 is 0. The van der Waals surface area contributed by atoms with Gasteiger partial charge in [0.1, 0.15) is 5.82 Å². The first-order chi connectivity index (χ1) is 8.25. The quantitative estimate of drug-likeness (QED) is 0.805. The fraction of sp³-hybridized carbons (Fsp3) is 0.308. The lowest BCUT2D eigenvalue weighted by molar-refractivity contribution is 0.627. The standard InChI is InChI=1S/C13H16FN3/c1-11-3-4-12(14)9-13(11)16-5-2-7-17-8-6-15-10-17/h3-4,6,8-10,16H,2,5,7H2,1H3. The van der Waals surface area contributed by atoms with Crippen molar-refractivity contribution < 1.29 is 4.39 Å². The first-order valence-electron chi connectivity index (χ1n) is 5.71. The molecule has 0 aliphatic carbocycles. The Morgan fingerprint density at radius 2 is 2.29 bits per heavy atom. The summed E-state index contributed by atoms with van der Waals surface area (Å²) in [4.78, 5) is 3.98. The second-order valence-electron chi connectivity index (χ2n) is 4.04. The molecule has 1 heterocycles. The summed E-state index contributed by atoms with van der Waals surface area (Å²) < 4.78 is 15.1. The Morgan fingerprint density at radius 3 is 3.06 bits per heavy atom. The summed E-state index contributed by atoms with van der Waals surface area (Å²) in [6.07, 6.45) is 6.48. The number of hydrogen-bond acceptors (Lipinski definition) is 2. The highest BCUT2D eigenvalue weighted by Gasteiger charge is 1.99. The first kappa shape index (κ1) is 11.6. The van der Waals surface area contributed by atoms with Crippen LogP contribution in [0.25, 0.3) is 0 Å². The Kier molecular flexibility index (Phi) is 3.75. The molecule has 4 heteroatoms. The zero-order chi connectivity index (χ0) is 12.1. The highest BCUT2D eigenvalue weighted by molar-refractivity contribution is 5.50. The minimum absolute atomic E-state index is 0.201. The van der Waals surface area contributed by atoms with E-state index in [0.29, 0.717) is 0 Å². The first-order valence-corrected chi connectivity index (χ1v) is 5.71. The van der Waals surface area contributed by atoms with Crippen LogP contribution in [0.5, 0.6) is 0 Å². The van der Waals surface area contributed by atoms with Gasteiger partial charge in [-0.15, -0.1) is 0 Å². The number of aryl methyl sites for hydroxylation is 2. The van der Waals surface area contributed by atoms with Crippen LogP contribution in [0.2, 0.25) is 0 Å². The van der Waals surface area contributed by atoms with Crippen molar-refractivity contribution in [2.45, 2.75) is 19.9 Å². The molecule has 0 radical (unpaired) electrons. The van der Waals surface area contributed by atoms with Gasteiger partial charge in [-0.1, -0.05) is 6.07 Å². The van der Waals surface area contributed by atoms with Crippen molar-refractivity contribution in [1.82, 2.24) is 9.55 Å². The van der Waals surface area contributed by atoms with E-state index in [1.807, 2.05) is 17.7 Å². The largest absolute Gasteiger partial charge is 0.385 e. The molecule has 90 valence electrons. The zero-order valence-corrected chi connectivity index (χ0v) is 9.86. The minimum Gasteiger partial charge on any atom is -0.385 e. The van der Waals surface area contributed by atoms with Crippen LogP contribution in [0, 0.1) is 12.7 Å². The van der Waals surface area contributed by atoms with Gasteiger partial charge in [0.05, 0.1) is 6.33 Å². The maximum atomic E-state index is 13.0. The zero-order valence-electron chi connectivity index (χ0n) is 9.86. The maximum absolute atomic E-state index is 13.0. The molecule has 1 N–H and O–H groups in total. The molecule has 0 fully saturated rings. The Morgan fingerprint density at radius 1 is 1.41 bits per heavy atom. The number of nitrogens with zero attached hydrogens (tertiary/aromatic N) is 2. The molecule has 0 aliphatic rings. The topological polar surface area (TPSA) is 29.9 Å². The number of hydrogen-bond donors (Lipinski definition) is 1. The van der Waals surface area contributed by atoms with Crippen LogP contribution in [-0.4, -0.2) is 16.1 Å². The number of nitrogens with one attached hydrogen (secondary N) is 1. The summed E-state index contributed by atoms with van der Waals surface area (Å²) in [7, 11) is 0. The number of imidazole rings is 1. The summed E-state index contributed by atoms with van der Waals surface area (Å²) in [5.74, 6) is -0.201. The van der Waals surface area contributed by atoms with Crippen LogP contribution in [0.15, 0.2) is 36.9 Å². The smallest absolute Gasteiger partial charge is 0.125 e. The van der Waals surface area contributed by atoms with Gasteiger partial charge in [-0.05, 0) is 31.0 Å². The molecular formula is C13H16FN3. The van der Waals surface area contributed by atoms with Crippen molar-refractivity contribution in [3.63, 3.8) is 0 Å². The van der Waals surface area contributed by atoms with Gasteiger partial charge in [-0.25, -0.2) is 9.37 Å². The molecule has 0 aliphatic heterocycles. The van der Waals surface area contributed by atoms with E-state index in [1.54, 1.807) is 18.6 Å². The van der Waals surface area contributed by atoms with E-state index in [0.717, 1.165) is 30.8 Å². The Labute approximate surface area is 100 Å². The molecule has 0 bridgehead atoms. The molecule has 0 atom stereocenters. The number of aromatic nitrogens is 2. The Bertz CT molecular complexity index is 466. The molecule has 0 amide bonds. The van der Waals surface area contributed by atoms with Crippen LogP contribution in [0.1, 0.15) is 12.0 Å². The van der Waals surface area contributed by atoms with Crippen molar-refractivity contribution in [1.29, 1.82) is 0 Å². The van der Waals surface area contributed by atoms with E-state index in [1.165, 1.54) is 12.1 Å². The van der Waals surface area contributed by atoms with Crippen molar-refractivity contribution in [3.8, 4) is 0 Å². The summed E-state index contributed by atoms with van der Waals surface area (Å²) in [5, 5.41) is 3.24.